The van der Waals surface area contributed by atoms with Crippen LogP contribution in [0.4, 0.5) is 0 Å². The molecule has 3 saturated heterocycles. The highest BCUT2D eigenvalue weighted by Gasteiger charge is 2.29. The monoisotopic (exact) mass is 307 g/mol. The van der Waals surface area contributed by atoms with Crippen LogP contribution in [-0.2, 0) is 9.59 Å². The van der Waals surface area contributed by atoms with Crippen LogP contribution in [-0.4, -0.2) is 72.8 Å². The van der Waals surface area contributed by atoms with Gasteiger partial charge in [-0.1, -0.05) is 0 Å². The second-order valence-electron chi connectivity index (χ2n) is 7.37. The molecule has 3 aliphatic rings. The Balaban J connectivity index is 1.38. The molecule has 5 nitrogen and oxygen atoms in total. The number of hydrogen-bond donors (Lipinski definition) is 0. The Morgan fingerprint density at radius 2 is 1.68 bits per heavy atom. The van der Waals surface area contributed by atoms with Crippen LogP contribution in [0.2, 0.25) is 0 Å². The van der Waals surface area contributed by atoms with Gasteiger partial charge in [-0.2, -0.15) is 0 Å². The number of carbonyl (C=O) groups is 2. The van der Waals surface area contributed by atoms with E-state index in [0.717, 1.165) is 58.5 Å². The molecule has 0 aromatic rings. The number of likely N-dealkylation sites (tertiary alicyclic amines) is 3. The lowest BCUT2D eigenvalue weighted by molar-refractivity contribution is -0.133. The molecule has 5 heteroatoms. The van der Waals surface area contributed by atoms with Gasteiger partial charge in [0.05, 0.1) is 0 Å². The minimum atomic E-state index is 0.297. The highest BCUT2D eigenvalue weighted by molar-refractivity contribution is 5.78. The summed E-state index contributed by atoms with van der Waals surface area (Å²) in [6.07, 6.45) is 6.00. The number of piperidine rings is 2. The summed E-state index contributed by atoms with van der Waals surface area (Å²) in [5, 5.41) is 0. The van der Waals surface area contributed by atoms with E-state index in [4.69, 9.17) is 0 Å². The summed E-state index contributed by atoms with van der Waals surface area (Å²) in [6, 6.07) is 0. The molecule has 1 unspecified atom stereocenters. The molecule has 124 valence electrons. The standard InChI is InChI=1S/C17H29N3O2/c1-18-11-15(4-5-16(18)21)12-19-9-6-14(7-10-19)13-20-8-2-3-17(20)22/h14-15H,2-13H2,1H3. The zero-order valence-corrected chi connectivity index (χ0v) is 13.8. The fourth-order valence-electron chi connectivity index (χ4n) is 4.17. The van der Waals surface area contributed by atoms with Gasteiger partial charge >= 0.3 is 0 Å². The number of rotatable bonds is 4. The summed E-state index contributed by atoms with van der Waals surface area (Å²) in [5.74, 6) is 1.98. The van der Waals surface area contributed by atoms with Crippen LogP contribution in [0, 0.1) is 11.8 Å². The van der Waals surface area contributed by atoms with Crippen molar-refractivity contribution in [3.05, 3.63) is 0 Å². The van der Waals surface area contributed by atoms with Gasteiger partial charge in [-0.05, 0) is 50.6 Å². The predicted octanol–water partition coefficient (Wildman–Crippen LogP) is 1.19. The fourth-order valence-corrected chi connectivity index (χ4v) is 4.17. The van der Waals surface area contributed by atoms with Crippen LogP contribution in [0.15, 0.2) is 0 Å². The zero-order valence-electron chi connectivity index (χ0n) is 13.8. The van der Waals surface area contributed by atoms with Crippen molar-refractivity contribution in [1.29, 1.82) is 0 Å². The summed E-state index contributed by atoms with van der Waals surface area (Å²) >= 11 is 0. The van der Waals surface area contributed by atoms with Crippen LogP contribution < -0.4 is 0 Å². The largest absolute Gasteiger partial charge is 0.345 e. The van der Waals surface area contributed by atoms with Crippen LogP contribution in [0.5, 0.6) is 0 Å². The molecule has 3 aliphatic heterocycles. The van der Waals surface area contributed by atoms with Gasteiger partial charge in [-0.15, -0.1) is 0 Å². The van der Waals surface area contributed by atoms with E-state index in [9.17, 15) is 9.59 Å². The topological polar surface area (TPSA) is 43.9 Å². The van der Waals surface area contributed by atoms with Crippen LogP contribution in [0.3, 0.4) is 0 Å². The van der Waals surface area contributed by atoms with Crippen molar-refractivity contribution in [3.8, 4) is 0 Å². The van der Waals surface area contributed by atoms with Gasteiger partial charge in [0, 0.05) is 46.1 Å². The molecule has 0 aromatic carbocycles. The highest BCUT2D eigenvalue weighted by atomic mass is 16.2. The first-order valence-electron chi connectivity index (χ1n) is 8.86. The first kappa shape index (κ1) is 15.8. The first-order chi connectivity index (χ1) is 10.6. The lowest BCUT2D eigenvalue weighted by atomic mass is 9.93. The van der Waals surface area contributed by atoms with Gasteiger partial charge in [0.1, 0.15) is 0 Å². The Morgan fingerprint density at radius 3 is 2.32 bits per heavy atom. The van der Waals surface area contributed by atoms with Crippen molar-refractivity contribution in [1.82, 2.24) is 14.7 Å². The van der Waals surface area contributed by atoms with Gasteiger partial charge in [-0.25, -0.2) is 0 Å². The van der Waals surface area contributed by atoms with Crippen molar-refractivity contribution < 1.29 is 9.59 Å². The molecule has 0 aliphatic carbocycles. The molecule has 3 fully saturated rings. The Labute approximate surface area is 133 Å². The number of hydrogen-bond acceptors (Lipinski definition) is 3. The molecule has 0 saturated carbocycles. The van der Waals surface area contributed by atoms with E-state index in [1.54, 1.807) is 0 Å². The second-order valence-corrected chi connectivity index (χ2v) is 7.37. The second kappa shape index (κ2) is 6.99. The molecule has 0 radical (unpaired) electrons. The molecule has 0 spiro atoms. The normalized spacial score (nSPS) is 28.7. The summed E-state index contributed by atoms with van der Waals surface area (Å²) in [5.41, 5.74) is 0. The minimum Gasteiger partial charge on any atom is -0.345 e. The lowest BCUT2D eigenvalue weighted by Crippen LogP contribution is -2.45. The average Bonchev–Trinajstić information content (AvgIpc) is 2.90. The van der Waals surface area contributed by atoms with Gasteiger partial charge in [-0.3, -0.25) is 9.59 Å². The van der Waals surface area contributed by atoms with Crippen molar-refractivity contribution in [2.75, 3.05) is 46.3 Å². The van der Waals surface area contributed by atoms with E-state index in [0.29, 0.717) is 30.1 Å². The summed E-state index contributed by atoms with van der Waals surface area (Å²) in [7, 11) is 1.92. The molecule has 2 amide bonds. The smallest absolute Gasteiger partial charge is 0.222 e. The SMILES string of the molecule is CN1CC(CN2CCC(CN3CCCC3=O)CC2)CCC1=O. The Hall–Kier alpha value is -1.10. The predicted molar refractivity (Wildman–Crippen MR) is 85.3 cm³/mol. The first-order valence-corrected chi connectivity index (χ1v) is 8.86. The molecular weight excluding hydrogens is 278 g/mol. The number of nitrogens with zero attached hydrogens (tertiary/aromatic N) is 3. The fraction of sp³-hybridized carbons (Fsp3) is 0.882. The summed E-state index contributed by atoms with van der Waals surface area (Å²) in [6.45, 7) is 6.31. The van der Waals surface area contributed by atoms with Crippen molar-refractivity contribution in [2.45, 2.75) is 38.5 Å². The molecule has 0 N–H and O–H groups in total. The zero-order chi connectivity index (χ0) is 15.5. The highest BCUT2D eigenvalue weighted by Crippen LogP contribution is 2.24. The molecule has 3 heterocycles. The molecular formula is C17H29N3O2. The van der Waals surface area contributed by atoms with E-state index in [1.807, 2.05) is 11.9 Å². The van der Waals surface area contributed by atoms with Crippen molar-refractivity contribution in [2.24, 2.45) is 11.8 Å². The third-order valence-electron chi connectivity index (χ3n) is 5.60. The van der Waals surface area contributed by atoms with E-state index in [1.165, 1.54) is 12.8 Å². The molecule has 0 aromatic heterocycles. The lowest BCUT2D eigenvalue weighted by Gasteiger charge is -2.38. The van der Waals surface area contributed by atoms with E-state index in [-0.39, 0.29) is 0 Å². The summed E-state index contributed by atoms with van der Waals surface area (Å²) < 4.78 is 0. The van der Waals surface area contributed by atoms with Crippen molar-refractivity contribution in [3.63, 3.8) is 0 Å². The quantitative estimate of drug-likeness (QED) is 0.783. The van der Waals surface area contributed by atoms with E-state index >= 15 is 0 Å². The van der Waals surface area contributed by atoms with Gasteiger partial charge in [0.2, 0.25) is 11.8 Å². The third kappa shape index (κ3) is 3.80. The van der Waals surface area contributed by atoms with Gasteiger partial charge in [0.25, 0.3) is 0 Å². The Kier molecular flexibility index (Phi) is 5.01. The molecule has 3 rings (SSSR count). The van der Waals surface area contributed by atoms with Gasteiger partial charge < -0.3 is 14.7 Å². The Bertz CT molecular complexity index is 418. The van der Waals surface area contributed by atoms with Crippen LogP contribution in [0.25, 0.3) is 0 Å². The van der Waals surface area contributed by atoms with Crippen LogP contribution >= 0.6 is 0 Å². The molecule has 1 atom stereocenters. The number of carbonyl (C=O) groups excluding carboxylic acids is 2. The summed E-state index contributed by atoms with van der Waals surface area (Å²) in [4.78, 5) is 29.8. The molecule has 22 heavy (non-hydrogen) atoms. The Morgan fingerprint density at radius 1 is 0.909 bits per heavy atom. The maximum absolute atomic E-state index is 11.7. The van der Waals surface area contributed by atoms with E-state index in [2.05, 4.69) is 9.80 Å². The number of amides is 2. The molecule has 0 bridgehead atoms. The van der Waals surface area contributed by atoms with Gasteiger partial charge in [0.15, 0.2) is 0 Å². The van der Waals surface area contributed by atoms with Crippen LogP contribution in [0.1, 0.15) is 38.5 Å². The maximum Gasteiger partial charge on any atom is 0.222 e. The third-order valence-corrected chi connectivity index (χ3v) is 5.60. The van der Waals surface area contributed by atoms with E-state index < -0.39 is 0 Å². The van der Waals surface area contributed by atoms with Crippen molar-refractivity contribution >= 4 is 11.8 Å². The average molecular weight is 307 g/mol. The minimum absolute atomic E-state index is 0.297. The maximum atomic E-state index is 11.7.